The number of anilines is 1. The van der Waals surface area contributed by atoms with E-state index in [1.807, 2.05) is 0 Å². The smallest absolute Gasteiger partial charge is 0.327 e. The number of carbonyl (C=O) groups excluding carboxylic acids is 3. The minimum absolute atomic E-state index is 0.0877. The standard InChI is InChI=1S/C24H35FN7O9PS/c1-6-38-20-16-18(29-23(26)30-20)32(10-27-16)22-24(5,25)17(34)14(41-22)8-39-42(37,31-12(4)21(36)40-11(2)3)43-9-13-7-15(33)28-19(13)35/h10-14,17,22,34H,6-9H2,1-5H3,(H,31,37)(H2,26,29,30)(H,28,33,35)/t12-,13?,14-,17-,22?,24-,42?/m1/s1. The molecule has 2 fully saturated rings. The van der Waals surface area contributed by atoms with E-state index < -0.39 is 73.3 Å². The summed E-state index contributed by atoms with van der Waals surface area (Å²) in [6.45, 7) is 3.21. The fraction of sp³-hybridized carbons (Fsp3) is 0.667. The molecule has 0 spiro atoms. The number of rotatable bonds is 13. The van der Waals surface area contributed by atoms with Gasteiger partial charge in [0.15, 0.2) is 23.1 Å². The van der Waals surface area contributed by atoms with Crippen molar-refractivity contribution in [2.45, 2.75) is 77.3 Å². The maximum absolute atomic E-state index is 16.0. The van der Waals surface area contributed by atoms with Crippen LogP contribution in [0.3, 0.4) is 0 Å². The number of nitrogen functional groups attached to an aromatic ring is 1. The molecule has 0 radical (unpaired) electrons. The molecule has 2 aromatic rings. The molecule has 2 aliphatic heterocycles. The van der Waals surface area contributed by atoms with Gasteiger partial charge in [0.05, 0.1) is 31.6 Å². The number of imide groups is 1. The Morgan fingerprint density at radius 3 is 2.74 bits per heavy atom. The normalized spacial score (nSPS) is 27.8. The van der Waals surface area contributed by atoms with Gasteiger partial charge in [-0.15, -0.1) is 0 Å². The Balaban J connectivity index is 1.53. The van der Waals surface area contributed by atoms with Crippen molar-refractivity contribution in [3.8, 4) is 5.88 Å². The summed E-state index contributed by atoms with van der Waals surface area (Å²) in [5.41, 5.74) is 3.71. The van der Waals surface area contributed by atoms with Crippen LogP contribution < -0.4 is 20.9 Å². The van der Waals surface area contributed by atoms with Crippen molar-refractivity contribution < 1.29 is 47.2 Å². The van der Waals surface area contributed by atoms with Crippen LogP contribution in [0.25, 0.3) is 11.2 Å². The van der Waals surface area contributed by atoms with Crippen molar-refractivity contribution in [2.75, 3.05) is 24.7 Å². The van der Waals surface area contributed by atoms with Gasteiger partial charge in [0.2, 0.25) is 23.6 Å². The van der Waals surface area contributed by atoms with Gasteiger partial charge in [-0.3, -0.25) is 28.8 Å². The molecule has 3 unspecified atom stereocenters. The van der Waals surface area contributed by atoms with Gasteiger partial charge in [0.25, 0.3) is 0 Å². The number of hydrogen-bond acceptors (Lipinski definition) is 14. The number of aliphatic hydroxyl groups excluding tert-OH is 1. The first-order chi connectivity index (χ1) is 20.1. The fourth-order valence-corrected chi connectivity index (χ4v) is 8.53. The van der Waals surface area contributed by atoms with Gasteiger partial charge in [0.1, 0.15) is 18.2 Å². The van der Waals surface area contributed by atoms with E-state index in [0.29, 0.717) is 11.4 Å². The molecule has 2 aliphatic rings. The van der Waals surface area contributed by atoms with E-state index in [-0.39, 0.29) is 41.8 Å². The van der Waals surface area contributed by atoms with E-state index in [9.17, 15) is 24.1 Å². The van der Waals surface area contributed by atoms with Gasteiger partial charge in [-0.05, 0) is 34.6 Å². The van der Waals surface area contributed by atoms with E-state index in [4.69, 9.17) is 24.5 Å². The Labute approximate surface area is 250 Å². The molecule has 0 saturated carbocycles. The monoisotopic (exact) mass is 647 g/mol. The van der Waals surface area contributed by atoms with Crippen molar-refractivity contribution in [1.82, 2.24) is 29.9 Å². The van der Waals surface area contributed by atoms with Crippen molar-refractivity contribution >= 4 is 53.0 Å². The number of ether oxygens (including phenoxy) is 3. The lowest BCUT2D eigenvalue weighted by atomic mass is 9.98. The average molecular weight is 648 g/mol. The molecule has 4 rings (SSSR count). The van der Waals surface area contributed by atoms with Crippen molar-refractivity contribution in [2.24, 2.45) is 5.92 Å². The Kier molecular flexibility index (Phi) is 9.98. The van der Waals surface area contributed by atoms with Crippen molar-refractivity contribution in [3.05, 3.63) is 6.33 Å². The highest BCUT2D eigenvalue weighted by atomic mass is 32.7. The summed E-state index contributed by atoms with van der Waals surface area (Å²) in [6.07, 6.45) is -3.85. The number of imidazole rings is 1. The van der Waals surface area contributed by atoms with Gasteiger partial charge in [-0.1, -0.05) is 11.4 Å². The number of carbonyl (C=O) groups is 3. The quantitative estimate of drug-likeness (QED) is 0.137. The van der Waals surface area contributed by atoms with Crippen LogP contribution in [0.1, 0.15) is 47.3 Å². The molecular formula is C24H35FN7O9PS. The maximum atomic E-state index is 16.0. The Hall–Kier alpha value is -2.89. The van der Waals surface area contributed by atoms with Crippen LogP contribution in [0.2, 0.25) is 0 Å². The van der Waals surface area contributed by atoms with Gasteiger partial charge >= 0.3 is 12.7 Å². The summed E-state index contributed by atoms with van der Waals surface area (Å²) < 4.78 is 53.4. The molecule has 2 saturated heterocycles. The summed E-state index contributed by atoms with van der Waals surface area (Å²) in [7, 11) is 0. The molecule has 2 aromatic heterocycles. The third-order valence-electron chi connectivity index (χ3n) is 6.63. The summed E-state index contributed by atoms with van der Waals surface area (Å²) in [5, 5.41) is 15.7. The number of amides is 2. The molecule has 4 heterocycles. The second-order valence-corrected chi connectivity index (χ2v) is 14.8. The third-order valence-corrected chi connectivity index (χ3v) is 10.8. The van der Waals surface area contributed by atoms with Crippen LogP contribution in [-0.2, 0) is 32.9 Å². The second kappa shape index (κ2) is 13.0. The van der Waals surface area contributed by atoms with Crippen LogP contribution in [0.4, 0.5) is 10.3 Å². The SMILES string of the molecule is CCOc1nc(N)nc2c1ncn2C1O[C@H](COP(=O)(N[C@H](C)C(=O)OC(C)C)SCC2CC(=O)NC2=O)[C@@H](O)[C@@]1(C)F. The molecule has 0 aliphatic carbocycles. The topological polar surface area (TPSA) is 219 Å². The van der Waals surface area contributed by atoms with Crippen LogP contribution in [-0.4, -0.2) is 91.4 Å². The number of esters is 1. The van der Waals surface area contributed by atoms with Crippen LogP contribution in [0, 0.1) is 5.92 Å². The van der Waals surface area contributed by atoms with E-state index in [1.54, 1.807) is 20.8 Å². The minimum Gasteiger partial charge on any atom is -0.476 e. The second-order valence-electron chi connectivity index (χ2n) is 10.5. The number of aromatic nitrogens is 4. The largest absolute Gasteiger partial charge is 0.476 e. The molecule has 19 heteroatoms. The molecular weight excluding hydrogens is 612 g/mol. The Bertz CT molecular complexity index is 1430. The lowest BCUT2D eigenvalue weighted by molar-refractivity contribution is -0.149. The van der Waals surface area contributed by atoms with Gasteiger partial charge < -0.3 is 29.6 Å². The Morgan fingerprint density at radius 2 is 2.12 bits per heavy atom. The number of nitrogens with zero attached hydrogens (tertiary/aromatic N) is 4. The molecule has 43 heavy (non-hydrogen) atoms. The van der Waals surface area contributed by atoms with Crippen molar-refractivity contribution in [1.29, 1.82) is 0 Å². The molecule has 0 bridgehead atoms. The first-order valence-electron chi connectivity index (χ1n) is 13.5. The summed E-state index contributed by atoms with van der Waals surface area (Å²) >= 11 is 0.695. The molecule has 2 amide bonds. The summed E-state index contributed by atoms with van der Waals surface area (Å²) in [6, 6.07) is -1.10. The molecule has 7 atom stereocenters. The number of halogens is 1. The van der Waals surface area contributed by atoms with E-state index in [2.05, 4.69) is 25.4 Å². The highest BCUT2D eigenvalue weighted by molar-refractivity contribution is 8.56. The average Bonchev–Trinajstić information content (AvgIpc) is 3.54. The van der Waals surface area contributed by atoms with E-state index in [0.717, 1.165) is 6.92 Å². The lowest BCUT2D eigenvalue weighted by Gasteiger charge is -2.25. The molecule has 0 aromatic carbocycles. The lowest BCUT2D eigenvalue weighted by Crippen LogP contribution is -2.41. The Morgan fingerprint density at radius 1 is 1.40 bits per heavy atom. The van der Waals surface area contributed by atoms with Gasteiger partial charge in [-0.2, -0.15) is 9.97 Å². The zero-order chi connectivity index (χ0) is 31.7. The van der Waals surface area contributed by atoms with Gasteiger partial charge in [-0.25, -0.2) is 14.5 Å². The van der Waals surface area contributed by atoms with Crippen LogP contribution >= 0.6 is 18.1 Å². The molecule has 5 N–H and O–H groups in total. The van der Waals surface area contributed by atoms with Crippen LogP contribution in [0.5, 0.6) is 5.88 Å². The molecule has 238 valence electrons. The summed E-state index contributed by atoms with van der Waals surface area (Å²) in [5.74, 6) is -2.61. The summed E-state index contributed by atoms with van der Waals surface area (Å²) in [4.78, 5) is 48.4. The predicted octanol–water partition coefficient (Wildman–Crippen LogP) is 1.24. The first kappa shape index (κ1) is 33.0. The fourth-order valence-electron chi connectivity index (χ4n) is 4.50. The zero-order valence-electron chi connectivity index (χ0n) is 24.2. The first-order valence-corrected chi connectivity index (χ1v) is 16.7. The maximum Gasteiger partial charge on any atom is 0.327 e. The highest BCUT2D eigenvalue weighted by Crippen LogP contribution is 2.58. The number of nitrogens with one attached hydrogen (secondary N) is 2. The van der Waals surface area contributed by atoms with E-state index >= 15 is 4.39 Å². The van der Waals surface area contributed by atoms with Gasteiger partial charge in [0, 0.05) is 12.2 Å². The third kappa shape index (κ3) is 7.26. The highest BCUT2D eigenvalue weighted by Gasteiger charge is 2.56. The molecule has 16 nitrogen and oxygen atoms in total. The number of hydrogen-bond donors (Lipinski definition) is 4. The number of fused-ring (bicyclic) bond motifs is 1. The predicted molar refractivity (Wildman–Crippen MR) is 151 cm³/mol. The number of nitrogens with two attached hydrogens (primary N) is 1. The van der Waals surface area contributed by atoms with Crippen molar-refractivity contribution in [3.63, 3.8) is 0 Å². The van der Waals surface area contributed by atoms with Crippen LogP contribution in [0.15, 0.2) is 6.33 Å². The number of alkyl halides is 1. The number of aliphatic hydroxyl groups is 1. The zero-order valence-corrected chi connectivity index (χ0v) is 25.9. The minimum atomic E-state index is -4.04. The van der Waals surface area contributed by atoms with E-state index in [1.165, 1.54) is 17.8 Å².